The molecule has 8 nitrogen and oxygen atoms in total. The molecule has 2 rings (SSSR count). The van der Waals surface area contributed by atoms with Crippen LogP contribution in [0.2, 0.25) is 0 Å². The number of anilines is 1. The first kappa shape index (κ1) is 13.1. The third-order valence-corrected chi connectivity index (χ3v) is 3.60. The summed E-state index contributed by atoms with van der Waals surface area (Å²) in [4.78, 5) is 21.3. The van der Waals surface area contributed by atoms with Gasteiger partial charge in [-0.15, -0.1) is 5.10 Å². The topological polar surface area (TPSA) is 120 Å². The molecule has 0 saturated heterocycles. The van der Waals surface area contributed by atoms with Crippen LogP contribution >= 0.6 is 11.8 Å². The molecule has 1 aromatic carbocycles. The fraction of sp³-hybridized carbons (Fsp3) is 0.200. The Balaban J connectivity index is 2.12. The number of benzene rings is 1. The minimum atomic E-state index is -0.524. The van der Waals surface area contributed by atoms with Crippen molar-refractivity contribution in [3.05, 3.63) is 44.4 Å². The van der Waals surface area contributed by atoms with Gasteiger partial charge < -0.3 is 5.73 Å². The van der Waals surface area contributed by atoms with E-state index in [1.54, 1.807) is 19.2 Å². The first-order valence-corrected chi connectivity index (χ1v) is 6.24. The Bertz CT molecular complexity index is 678. The van der Waals surface area contributed by atoms with E-state index in [1.807, 2.05) is 0 Å². The largest absolute Gasteiger partial charge is 0.393 e. The van der Waals surface area contributed by atoms with Crippen molar-refractivity contribution in [3.8, 4) is 0 Å². The number of hydrogen-bond acceptors (Lipinski definition) is 6. The van der Waals surface area contributed by atoms with Crippen LogP contribution in [0.25, 0.3) is 0 Å². The van der Waals surface area contributed by atoms with E-state index in [4.69, 9.17) is 5.73 Å². The Morgan fingerprint density at radius 1 is 1.58 bits per heavy atom. The van der Waals surface area contributed by atoms with Crippen molar-refractivity contribution >= 4 is 23.1 Å². The van der Waals surface area contributed by atoms with Crippen LogP contribution in [0.15, 0.2) is 28.2 Å². The Morgan fingerprint density at radius 3 is 2.84 bits per heavy atom. The molecule has 0 aliphatic carbocycles. The predicted octanol–water partition coefficient (Wildman–Crippen LogP) is 0.891. The lowest BCUT2D eigenvalue weighted by Gasteiger charge is -2.03. The molecule has 0 radical (unpaired) electrons. The lowest BCUT2D eigenvalue weighted by molar-refractivity contribution is -0.383. The van der Waals surface area contributed by atoms with E-state index in [0.29, 0.717) is 10.9 Å². The SMILES string of the molecule is Cn1c(SCc2ccc([N+](=O)[O-])c(N)c2)n[nH]c1=O. The molecule has 0 spiro atoms. The smallest absolute Gasteiger partial charge is 0.343 e. The average molecular weight is 281 g/mol. The number of nitrogens with one attached hydrogen (secondary N) is 1. The van der Waals surface area contributed by atoms with E-state index in [1.165, 1.54) is 22.4 Å². The molecule has 0 aliphatic rings. The van der Waals surface area contributed by atoms with Crippen molar-refractivity contribution in [2.24, 2.45) is 7.05 Å². The number of hydrogen-bond donors (Lipinski definition) is 2. The second kappa shape index (κ2) is 5.14. The normalized spacial score (nSPS) is 10.6. The van der Waals surface area contributed by atoms with E-state index in [0.717, 1.165) is 5.56 Å². The van der Waals surface area contributed by atoms with Crippen LogP contribution in [-0.2, 0) is 12.8 Å². The summed E-state index contributed by atoms with van der Waals surface area (Å²) in [6.07, 6.45) is 0. The van der Waals surface area contributed by atoms with Gasteiger partial charge in [0.1, 0.15) is 5.69 Å². The molecule has 0 fully saturated rings. The average Bonchev–Trinajstić information content (AvgIpc) is 2.67. The third kappa shape index (κ3) is 2.76. The summed E-state index contributed by atoms with van der Waals surface area (Å²) in [5.74, 6) is 0.514. The minimum Gasteiger partial charge on any atom is -0.393 e. The molecule has 0 bridgehead atoms. The fourth-order valence-corrected chi connectivity index (χ4v) is 2.33. The molecule has 0 aliphatic heterocycles. The van der Waals surface area contributed by atoms with Crippen molar-refractivity contribution in [2.45, 2.75) is 10.9 Å². The van der Waals surface area contributed by atoms with Gasteiger partial charge >= 0.3 is 5.69 Å². The lowest BCUT2D eigenvalue weighted by atomic mass is 10.2. The van der Waals surface area contributed by atoms with E-state index < -0.39 is 4.92 Å². The molecular weight excluding hydrogens is 270 g/mol. The van der Waals surface area contributed by atoms with Crippen molar-refractivity contribution in [1.82, 2.24) is 14.8 Å². The molecule has 1 heterocycles. The summed E-state index contributed by atoms with van der Waals surface area (Å²) in [5, 5.41) is 17.4. The zero-order valence-electron chi connectivity index (χ0n) is 9.99. The van der Waals surface area contributed by atoms with Gasteiger partial charge in [0.25, 0.3) is 5.69 Å². The number of aromatic nitrogens is 3. The zero-order valence-corrected chi connectivity index (χ0v) is 10.8. The summed E-state index contributed by atoms with van der Waals surface area (Å²) in [5.41, 5.74) is 6.15. The van der Waals surface area contributed by atoms with Gasteiger partial charge in [-0.2, -0.15) is 0 Å². The van der Waals surface area contributed by atoms with Gasteiger partial charge in [0.15, 0.2) is 5.16 Å². The second-order valence-electron chi connectivity index (χ2n) is 3.81. The van der Waals surface area contributed by atoms with Gasteiger partial charge in [-0.1, -0.05) is 17.8 Å². The van der Waals surface area contributed by atoms with Gasteiger partial charge in [0, 0.05) is 18.9 Å². The highest BCUT2D eigenvalue weighted by Crippen LogP contribution is 2.25. The van der Waals surface area contributed by atoms with Gasteiger partial charge in [0.05, 0.1) is 4.92 Å². The maximum Gasteiger partial charge on any atom is 0.343 e. The number of nitrogen functional groups attached to an aromatic ring is 1. The van der Waals surface area contributed by atoms with Gasteiger partial charge in [-0.05, 0) is 11.6 Å². The number of rotatable bonds is 4. The van der Waals surface area contributed by atoms with Crippen molar-refractivity contribution < 1.29 is 4.92 Å². The number of aromatic amines is 1. The van der Waals surface area contributed by atoms with Crippen LogP contribution in [0.5, 0.6) is 0 Å². The molecule has 0 atom stereocenters. The van der Waals surface area contributed by atoms with Crippen molar-refractivity contribution in [1.29, 1.82) is 0 Å². The number of nitrogens with zero attached hydrogens (tertiary/aromatic N) is 3. The molecule has 3 N–H and O–H groups in total. The highest BCUT2D eigenvalue weighted by molar-refractivity contribution is 7.98. The quantitative estimate of drug-likeness (QED) is 0.371. The van der Waals surface area contributed by atoms with Crippen LogP contribution in [-0.4, -0.2) is 19.7 Å². The summed E-state index contributed by atoms with van der Waals surface area (Å²) >= 11 is 1.34. The Kier molecular flexibility index (Phi) is 3.56. The van der Waals surface area contributed by atoms with E-state index >= 15 is 0 Å². The van der Waals surface area contributed by atoms with Gasteiger partial charge in [0.2, 0.25) is 0 Å². The molecule has 0 saturated carbocycles. The number of nitrogens with two attached hydrogens (primary N) is 1. The van der Waals surface area contributed by atoms with Crippen LogP contribution in [0.4, 0.5) is 11.4 Å². The molecular formula is C10H11N5O3S. The number of nitro benzene ring substituents is 1. The Hall–Kier alpha value is -2.29. The predicted molar refractivity (Wildman–Crippen MR) is 70.9 cm³/mol. The molecule has 0 amide bonds. The van der Waals surface area contributed by atoms with E-state index in [-0.39, 0.29) is 17.1 Å². The standard InChI is InChI=1S/C10H11N5O3S/c1-14-9(16)12-13-10(14)19-5-6-2-3-8(15(17)18)7(11)4-6/h2-4H,5,11H2,1H3,(H,12,16). The van der Waals surface area contributed by atoms with Crippen LogP contribution < -0.4 is 11.4 Å². The van der Waals surface area contributed by atoms with E-state index in [9.17, 15) is 14.9 Å². The number of H-pyrrole nitrogens is 1. The molecule has 2 aromatic rings. The van der Waals surface area contributed by atoms with Crippen LogP contribution in [0.1, 0.15) is 5.56 Å². The van der Waals surface area contributed by atoms with Crippen molar-refractivity contribution in [2.75, 3.05) is 5.73 Å². The number of thioether (sulfide) groups is 1. The zero-order chi connectivity index (χ0) is 14.0. The lowest BCUT2D eigenvalue weighted by Crippen LogP contribution is -2.12. The summed E-state index contributed by atoms with van der Waals surface area (Å²) in [7, 11) is 1.61. The van der Waals surface area contributed by atoms with Crippen molar-refractivity contribution in [3.63, 3.8) is 0 Å². The molecule has 0 unspecified atom stereocenters. The van der Waals surface area contributed by atoms with Crippen LogP contribution in [0.3, 0.4) is 0 Å². The highest BCUT2D eigenvalue weighted by Gasteiger charge is 2.12. The second-order valence-corrected chi connectivity index (χ2v) is 4.75. The molecule has 19 heavy (non-hydrogen) atoms. The molecule has 1 aromatic heterocycles. The molecule has 100 valence electrons. The maximum atomic E-state index is 11.2. The third-order valence-electron chi connectivity index (χ3n) is 2.50. The number of nitro groups is 1. The highest BCUT2D eigenvalue weighted by atomic mass is 32.2. The van der Waals surface area contributed by atoms with Gasteiger partial charge in [-0.3, -0.25) is 14.7 Å². The Morgan fingerprint density at radius 2 is 2.32 bits per heavy atom. The first-order chi connectivity index (χ1) is 8.99. The van der Waals surface area contributed by atoms with Gasteiger partial charge in [-0.25, -0.2) is 9.89 Å². The fourth-order valence-electron chi connectivity index (χ4n) is 1.47. The minimum absolute atomic E-state index is 0.110. The summed E-state index contributed by atoms with van der Waals surface area (Å²) in [6.45, 7) is 0. The van der Waals surface area contributed by atoms with Crippen LogP contribution in [0, 0.1) is 10.1 Å². The molecule has 9 heteroatoms. The maximum absolute atomic E-state index is 11.2. The monoisotopic (exact) mass is 281 g/mol. The van der Waals surface area contributed by atoms with E-state index in [2.05, 4.69) is 10.2 Å². The summed E-state index contributed by atoms with van der Waals surface area (Å²) < 4.78 is 1.39. The first-order valence-electron chi connectivity index (χ1n) is 5.26. The Labute approximate surface area is 111 Å². The summed E-state index contributed by atoms with van der Waals surface area (Å²) in [6, 6.07) is 4.55.